The van der Waals surface area contributed by atoms with Gasteiger partial charge in [-0.25, -0.2) is 4.98 Å². The van der Waals surface area contributed by atoms with Crippen LogP contribution in [0.1, 0.15) is 52.6 Å². The summed E-state index contributed by atoms with van der Waals surface area (Å²) >= 11 is 0. The minimum atomic E-state index is 0.272. The molecule has 3 nitrogen and oxygen atoms in total. The lowest BCUT2D eigenvalue weighted by Gasteiger charge is -2.20. The summed E-state index contributed by atoms with van der Waals surface area (Å²) in [5.74, 6) is 0.759. The lowest BCUT2D eigenvalue weighted by Crippen LogP contribution is -2.19. The molecular formula is C15H26N2O. The van der Waals surface area contributed by atoms with Crippen molar-refractivity contribution < 1.29 is 4.74 Å². The Morgan fingerprint density at radius 1 is 1.39 bits per heavy atom. The van der Waals surface area contributed by atoms with Crippen LogP contribution in [0.25, 0.3) is 0 Å². The van der Waals surface area contributed by atoms with Gasteiger partial charge in [0.15, 0.2) is 0 Å². The molecule has 1 unspecified atom stereocenters. The van der Waals surface area contributed by atoms with Gasteiger partial charge in [-0.05, 0) is 31.4 Å². The van der Waals surface area contributed by atoms with Gasteiger partial charge >= 0.3 is 0 Å². The molecule has 1 aromatic heterocycles. The SMILES string of the molecule is CCNC(C)c1cccnc1OCCC(C)(C)C. The summed E-state index contributed by atoms with van der Waals surface area (Å²) in [6.07, 6.45) is 2.81. The predicted octanol–water partition coefficient (Wildman–Crippen LogP) is 3.57. The molecule has 1 atom stereocenters. The van der Waals surface area contributed by atoms with E-state index < -0.39 is 0 Å². The standard InChI is InChI=1S/C15H26N2O/c1-6-16-12(2)13-8-7-10-17-14(13)18-11-9-15(3,4)5/h7-8,10,12,16H,6,9,11H2,1-5H3. The van der Waals surface area contributed by atoms with Crippen LogP contribution in [-0.2, 0) is 0 Å². The lowest BCUT2D eigenvalue weighted by atomic mass is 9.93. The van der Waals surface area contributed by atoms with Crippen molar-refractivity contribution in [1.82, 2.24) is 10.3 Å². The molecule has 0 saturated heterocycles. The molecule has 0 aromatic carbocycles. The number of nitrogens with one attached hydrogen (secondary N) is 1. The molecule has 0 aliphatic heterocycles. The zero-order valence-electron chi connectivity index (χ0n) is 12.3. The average Bonchev–Trinajstić information content (AvgIpc) is 2.28. The van der Waals surface area contributed by atoms with Crippen molar-refractivity contribution in [3.8, 4) is 5.88 Å². The highest BCUT2D eigenvalue weighted by molar-refractivity contribution is 5.28. The van der Waals surface area contributed by atoms with Gasteiger partial charge in [0, 0.05) is 17.8 Å². The number of nitrogens with zero attached hydrogens (tertiary/aromatic N) is 1. The van der Waals surface area contributed by atoms with Crippen molar-refractivity contribution in [2.75, 3.05) is 13.2 Å². The number of rotatable bonds is 6. The van der Waals surface area contributed by atoms with E-state index in [2.05, 4.69) is 51.0 Å². The monoisotopic (exact) mass is 250 g/mol. The Kier molecular flexibility index (Phi) is 5.60. The van der Waals surface area contributed by atoms with E-state index >= 15 is 0 Å². The number of hydrogen-bond donors (Lipinski definition) is 1. The second kappa shape index (κ2) is 6.74. The molecule has 0 saturated carbocycles. The van der Waals surface area contributed by atoms with Gasteiger partial charge in [0.25, 0.3) is 0 Å². The van der Waals surface area contributed by atoms with Gasteiger partial charge in [-0.15, -0.1) is 0 Å². The molecule has 0 spiro atoms. The summed E-state index contributed by atoms with van der Waals surface area (Å²) in [7, 11) is 0. The Balaban J connectivity index is 2.64. The summed E-state index contributed by atoms with van der Waals surface area (Å²) in [5, 5.41) is 3.39. The first kappa shape index (κ1) is 15.0. The Hall–Kier alpha value is -1.09. The Morgan fingerprint density at radius 2 is 2.11 bits per heavy atom. The summed E-state index contributed by atoms with van der Waals surface area (Å²) in [6, 6.07) is 4.31. The third-order valence-corrected chi connectivity index (χ3v) is 2.87. The molecule has 3 heteroatoms. The minimum Gasteiger partial charge on any atom is -0.477 e. The molecule has 1 heterocycles. The molecular weight excluding hydrogens is 224 g/mol. The summed E-state index contributed by atoms with van der Waals surface area (Å²) in [5.41, 5.74) is 1.43. The van der Waals surface area contributed by atoms with Crippen LogP contribution in [0.4, 0.5) is 0 Å². The van der Waals surface area contributed by atoms with E-state index in [1.165, 1.54) is 0 Å². The molecule has 0 fully saturated rings. The minimum absolute atomic E-state index is 0.272. The Bertz CT molecular complexity index is 358. The van der Waals surface area contributed by atoms with Crippen LogP contribution in [0.3, 0.4) is 0 Å². The summed E-state index contributed by atoms with van der Waals surface area (Å²) in [6.45, 7) is 12.6. The highest BCUT2D eigenvalue weighted by atomic mass is 16.5. The van der Waals surface area contributed by atoms with Gasteiger partial charge in [-0.3, -0.25) is 0 Å². The third kappa shape index (κ3) is 5.05. The smallest absolute Gasteiger partial charge is 0.218 e. The summed E-state index contributed by atoms with van der Waals surface area (Å²) < 4.78 is 5.83. The quantitative estimate of drug-likeness (QED) is 0.838. The highest BCUT2D eigenvalue weighted by Crippen LogP contribution is 2.24. The zero-order valence-corrected chi connectivity index (χ0v) is 12.3. The van der Waals surface area contributed by atoms with Gasteiger partial charge in [0.1, 0.15) is 0 Å². The number of hydrogen-bond acceptors (Lipinski definition) is 3. The van der Waals surface area contributed by atoms with Gasteiger partial charge in [-0.1, -0.05) is 33.8 Å². The molecule has 0 aliphatic carbocycles. The van der Waals surface area contributed by atoms with Crippen LogP contribution in [0.15, 0.2) is 18.3 Å². The fourth-order valence-corrected chi connectivity index (χ4v) is 1.72. The van der Waals surface area contributed by atoms with E-state index in [1.54, 1.807) is 6.20 Å². The first-order valence-electron chi connectivity index (χ1n) is 6.75. The van der Waals surface area contributed by atoms with Gasteiger partial charge in [0.05, 0.1) is 6.61 Å². The normalized spacial score (nSPS) is 13.4. The second-order valence-corrected chi connectivity index (χ2v) is 5.84. The maximum absolute atomic E-state index is 5.83. The van der Waals surface area contributed by atoms with E-state index in [0.29, 0.717) is 12.0 Å². The molecule has 102 valence electrons. The van der Waals surface area contributed by atoms with E-state index in [1.807, 2.05) is 6.07 Å². The molecule has 0 radical (unpaired) electrons. The third-order valence-electron chi connectivity index (χ3n) is 2.87. The fraction of sp³-hybridized carbons (Fsp3) is 0.667. The predicted molar refractivity (Wildman–Crippen MR) is 75.9 cm³/mol. The van der Waals surface area contributed by atoms with E-state index in [9.17, 15) is 0 Å². The van der Waals surface area contributed by atoms with Crippen LogP contribution in [0.2, 0.25) is 0 Å². The molecule has 1 aromatic rings. The van der Waals surface area contributed by atoms with Crippen molar-refractivity contribution in [3.63, 3.8) is 0 Å². The maximum atomic E-state index is 5.83. The van der Waals surface area contributed by atoms with Crippen molar-refractivity contribution in [1.29, 1.82) is 0 Å². The molecule has 18 heavy (non-hydrogen) atoms. The van der Waals surface area contributed by atoms with E-state index in [0.717, 1.165) is 24.4 Å². The summed E-state index contributed by atoms with van der Waals surface area (Å²) in [4.78, 5) is 4.34. The van der Waals surface area contributed by atoms with E-state index in [4.69, 9.17) is 4.74 Å². The lowest BCUT2D eigenvalue weighted by molar-refractivity contribution is 0.233. The van der Waals surface area contributed by atoms with Crippen LogP contribution in [-0.4, -0.2) is 18.1 Å². The van der Waals surface area contributed by atoms with Gasteiger partial charge in [-0.2, -0.15) is 0 Å². The second-order valence-electron chi connectivity index (χ2n) is 5.84. The molecule has 0 bridgehead atoms. The topological polar surface area (TPSA) is 34.2 Å². The molecule has 0 aliphatic rings. The Morgan fingerprint density at radius 3 is 2.72 bits per heavy atom. The van der Waals surface area contributed by atoms with Crippen molar-refractivity contribution in [2.45, 2.75) is 47.1 Å². The van der Waals surface area contributed by atoms with Crippen molar-refractivity contribution >= 4 is 0 Å². The first-order valence-corrected chi connectivity index (χ1v) is 6.75. The molecule has 1 rings (SSSR count). The Labute approximate surface area is 111 Å². The zero-order chi connectivity index (χ0) is 13.6. The molecule has 1 N–H and O–H groups in total. The number of pyridine rings is 1. The fourth-order valence-electron chi connectivity index (χ4n) is 1.72. The van der Waals surface area contributed by atoms with Crippen LogP contribution in [0.5, 0.6) is 5.88 Å². The largest absolute Gasteiger partial charge is 0.477 e. The number of aromatic nitrogens is 1. The van der Waals surface area contributed by atoms with Crippen molar-refractivity contribution in [3.05, 3.63) is 23.9 Å². The van der Waals surface area contributed by atoms with Gasteiger partial charge in [0.2, 0.25) is 5.88 Å². The number of ether oxygens (including phenoxy) is 1. The first-order chi connectivity index (χ1) is 8.44. The molecule has 0 amide bonds. The van der Waals surface area contributed by atoms with Crippen LogP contribution < -0.4 is 10.1 Å². The van der Waals surface area contributed by atoms with Crippen LogP contribution in [0, 0.1) is 5.41 Å². The van der Waals surface area contributed by atoms with Gasteiger partial charge < -0.3 is 10.1 Å². The van der Waals surface area contributed by atoms with Crippen molar-refractivity contribution in [2.24, 2.45) is 5.41 Å². The maximum Gasteiger partial charge on any atom is 0.218 e. The van der Waals surface area contributed by atoms with E-state index in [-0.39, 0.29) is 6.04 Å². The average molecular weight is 250 g/mol. The van der Waals surface area contributed by atoms with Crippen LogP contribution >= 0.6 is 0 Å². The highest BCUT2D eigenvalue weighted by Gasteiger charge is 2.14.